The highest BCUT2D eigenvalue weighted by molar-refractivity contribution is 5.95. The van der Waals surface area contributed by atoms with Gasteiger partial charge in [0.25, 0.3) is 0 Å². The van der Waals surface area contributed by atoms with E-state index in [2.05, 4.69) is 44.4 Å². The number of piperazine rings is 1. The van der Waals surface area contributed by atoms with Gasteiger partial charge < -0.3 is 19.7 Å². The molecule has 2 saturated heterocycles. The molecule has 2 fully saturated rings. The Morgan fingerprint density at radius 2 is 1.84 bits per heavy atom. The number of nitrogens with zero attached hydrogens (tertiary/aromatic N) is 4. The first-order valence-corrected chi connectivity index (χ1v) is 13.4. The number of hydrogen-bond acceptors (Lipinski definition) is 7. The summed E-state index contributed by atoms with van der Waals surface area (Å²) in [7, 11) is 1.71. The number of piperidine rings is 1. The molecule has 2 aromatic heterocycles. The molecule has 2 aliphatic rings. The monoisotopic (exact) mass is 505 g/mol. The van der Waals surface area contributed by atoms with Gasteiger partial charge in [-0.1, -0.05) is 18.6 Å². The van der Waals surface area contributed by atoms with Gasteiger partial charge in [0.05, 0.1) is 11.6 Å². The molecule has 1 N–H and O–H groups in total. The summed E-state index contributed by atoms with van der Waals surface area (Å²) in [6.45, 7) is 10.1. The van der Waals surface area contributed by atoms with Gasteiger partial charge >= 0.3 is 6.09 Å². The zero-order valence-electron chi connectivity index (χ0n) is 22.4. The van der Waals surface area contributed by atoms with Gasteiger partial charge in [0, 0.05) is 44.5 Å². The zero-order valence-corrected chi connectivity index (χ0v) is 22.4. The first-order chi connectivity index (χ1) is 17.8. The Labute approximate surface area is 219 Å². The molecule has 2 atom stereocenters. The van der Waals surface area contributed by atoms with Crippen LogP contribution in [0, 0.1) is 0 Å². The van der Waals surface area contributed by atoms with Crippen molar-refractivity contribution in [1.82, 2.24) is 19.8 Å². The van der Waals surface area contributed by atoms with E-state index in [1.54, 1.807) is 11.7 Å². The van der Waals surface area contributed by atoms with Gasteiger partial charge in [0.1, 0.15) is 17.6 Å². The normalized spacial score (nSPS) is 21.4. The van der Waals surface area contributed by atoms with E-state index in [1.807, 2.05) is 45.3 Å². The first kappa shape index (κ1) is 25.7. The van der Waals surface area contributed by atoms with Crippen molar-refractivity contribution in [1.29, 1.82) is 0 Å². The molecule has 2 aliphatic heterocycles. The second kappa shape index (κ2) is 10.8. The number of pyridine rings is 1. The van der Waals surface area contributed by atoms with Gasteiger partial charge in [-0.05, 0) is 82.1 Å². The number of benzene rings is 1. The fourth-order valence-corrected chi connectivity index (χ4v) is 5.42. The molecule has 0 spiro atoms. The Morgan fingerprint density at radius 3 is 2.54 bits per heavy atom. The summed E-state index contributed by atoms with van der Waals surface area (Å²) >= 11 is 0. The quantitative estimate of drug-likeness (QED) is 0.527. The molecule has 0 radical (unpaired) electrons. The van der Waals surface area contributed by atoms with Crippen LogP contribution >= 0.6 is 0 Å². The number of carbonyl (C=O) groups is 1. The van der Waals surface area contributed by atoms with E-state index in [0.29, 0.717) is 13.1 Å². The van der Waals surface area contributed by atoms with E-state index in [0.717, 1.165) is 41.9 Å². The van der Waals surface area contributed by atoms with E-state index in [-0.39, 0.29) is 18.4 Å². The highest BCUT2D eigenvalue weighted by Crippen LogP contribution is 2.33. The molecule has 1 aromatic carbocycles. The van der Waals surface area contributed by atoms with Crippen LogP contribution in [0.3, 0.4) is 0 Å². The number of fused-ring (bicyclic) bond motifs is 1. The maximum Gasteiger partial charge on any atom is 0.420 e. The minimum atomic E-state index is -0.611. The van der Waals surface area contributed by atoms with E-state index < -0.39 is 5.60 Å². The largest absolute Gasteiger partial charge is 0.443 e. The van der Waals surface area contributed by atoms with Crippen molar-refractivity contribution < 1.29 is 14.3 Å². The Bertz CT molecular complexity index is 1210. The molecule has 0 aliphatic carbocycles. The van der Waals surface area contributed by atoms with Crippen molar-refractivity contribution in [3.63, 3.8) is 0 Å². The summed E-state index contributed by atoms with van der Waals surface area (Å²) in [4.78, 5) is 22.5. The summed E-state index contributed by atoms with van der Waals surface area (Å²) in [5.74, 6) is 0.784. The Balaban J connectivity index is 1.55. The summed E-state index contributed by atoms with van der Waals surface area (Å²) < 4.78 is 13.5. The Morgan fingerprint density at radius 1 is 1.08 bits per heavy atom. The molecule has 4 heterocycles. The van der Waals surface area contributed by atoms with Crippen LogP contribution in [0.15, 0.2) is 48.8 Å². The zero-order chi connectivity index (χ0) is 26.0. The SMILES string of the molecule is COC1CNC(c2ccncc2)CN1c1cc2ccc(CN3CCCCC3)cc2n1C(=O)OC(C)(C)C. The molecule has 0 amide bonds. The Kier molecular flexibility index (Phi) is 7.51. The molecular weight excluding hydrogens is 466 g/mol. The minimum absolute atomic E-state index is 0.0779. The average Bonchev–Trinajstić information content (AvgIpc) is 3.27. The number of methoxy groups -OCH3 is 1. The molecule has 198 valence electrons. The molecule has 8 heteroatoms. The van der Waals surface area contributed by atoms with E-state index in [1.165, 1.54) is 24.8 Å². The summed E-state index contributed by atoms with van der Waals surface area (Å²) in [6, 6.07) is 12.7. The number of hydrogen-bond donors (Lipinski definition) is 1. The second-order valence-electron chi connectivity index (χ2n) is 11.1. The summed E-state index contributed by atoms with van der Waals surface area (Å²) in [6.07, 6.45) is 6.84. The molecule has 3 aromatic rings. The van der Waals surface area contributed by atoms with Crippen LogP contribution in [-0.2, 0) is 16.0 Å². The topological polar surface area (TPSA) is 71.9 Å². The third-order valence-electron chi connectivity index (χ3n) is 7.22. The molecule has 5 rings (SSSR count). The molecular formula is C29H39N5O3. The molecule has 37 heavy (non-hydrogen) atoms. The summed E-state index contributed by atoms with van der Waals surface area (Å²) in [5, 5.41) is 4.60. The van der Waals surface area contributed by atoms with Crippen molar-refractivity contribution in [3.8, 4) is 0 Å². The van der Waals surface area contributed by atoms with Gasteiger partial charge in [0.15, 0.2) is 0 Å². The van der Waals surface area contributed by atoms with Crippen LogP contribution in [0.25, 0.3) is 10.9 Å². The molecule has 0 saturated carbocycles. The maximum atomic E-state index is 13.7. The van der Waals surface area contributed by atoms with Crippen LogP contribution in [-0.4, -0.2) is 65.7 Å². The third kappa shape index (κ3) is 5.81. The lowest BCUT2D eigenvalue weighted by Gasteiger charge is -2.41. The number of anilines is 1. The van der Waals surface area contributed by atoms with Gasteiger partial charge in [-0.25, -0.2) is 9.36 Å². The fourth-order valence-electron chi connectivity index (χ4n) is 5.42. The highest BCUT2D eigenvalue weighted by Gasteiger charge is 2.33. The van der Waals surface area contributed by atoms with Gasteiger partial charge in [0.2, 0.25) is 0 Å². The highest BCUT2D eigenvalue weighted by atomic mass is 16.6. The lowest BCUT2D eigenvalue weighted by Crippen LogP contribution is -2.54. The number of ether oxygens (including phenoxy) is 2. The fraction of sp³-hybridized carbons (Fsp3) is 0.517. The predicted octanol–water partition coefficient (Wildman–Crippen LogP) is 4.93. The number of aromatic nitrogens is 2. The van der Waals surface area contributed by atoms with Crippen molar-refractivity contribution in [3.05, 3.63) is 59.9 Å². The van der Waals surface area contributed by atoms with Gasteiger partial charge in [-0.3, -0.25) is 9.88 Å². The second-order valence-corrected chi connectivity index (χ2v) is 11.1. The van der Waals surface area contributed by atoms with Crippen molar-refractivity contribution >= 4 is 22.8 Å². The lowest BCUT2D eigenvalue weighted by atomic mass is 10.1. The van der Waals surface area contributed by atoms with Gasteiger partial charge in [-0.2, -0.15) is 0 Å². The van der Waals surface area contributed by atoms with Gasteiger partial charge in [-0.15, -0.1) is 0 Å². The summed E-state index contributed by atoms with van der Waals surface area (Å²) in [5.41, 5.74) is 2.62. The Hall–Kier alpha value is -2.94. The predicted molar refractivity (Wildman–Crippen MR) is 146 cm³/mol. The minimum Gasteiger partial charge on any atom is -0.443 e. The lowest BCUT2D eigenvalue weighted by molar-refractivity contribution is 0.0532. The van der Waals surface area contributed by atoms with Crippen molar-refractivity contribution in [2.75, 3.05) is 38.2 Å². The van der Waals surface area contributed by atoms with Crippen LogP contribution in [0.1, 0.15) is 57.2 Å². The standard InChI is InChI=1S/C29H39N5O3/c1-29(2,3)37-28(35)34-25-16-21(19-32-14-6-5-7-15-32)8-9-23(25)17-26(34)33-20-24(31-18-27(33)36-4)22-10-12-30-13-11-22/h8-13,16-17,24,27,31H,5-7,14-15,18-20H2,1-4H3. The van der Waals surface area contributed by atoms with E-state index in [4.69, 9.17) is 9.47 Å². The van der Waals surface area contributed by atoms with Crippen LogP contribution in [0.4, 0.5) is 10.6 Å². The number of likely N-dealkylation sites (tertiary alicyclic amines) is 1. The van der Waals surface area contributed by atoms with Crippen molar-refractivity contribution in [2.24, 2.45) is 0 Å². The molecule has 8 nitrogen and oxygen atoms in total. The molecule has 2 unspecified atom stereocenters. The number of rotatable bonds is 5. The van der Waals surface area contributed by atoms with Crippen molar-refractivity contribution in [2.45, 2.75) is 64.4 Å². The smallest absolute Gasteiger partial charge is 0.420 e. The third-order valence-corrected chi connectivity index (χ3v) is 7.22. The average molecular weight is 506 g/mol. The number of nitrogens with one attached hydrogen (secondary N) is 1. The first-order valence-electron chi connectivity index (χ1n) is 13.4. The van der Waals surface area contributed by atoms with Crippen LogP contribution in [0.5, 0.6) is 0 Å². The van der Waals surface area contributed by atoms with E-state index in [9.17, 15) is 4.79 Å². The van der Waals surface area contributed by atoms with Crippen LogP contribution < -0.4 is 10.2 Å². The number of carbonyl (C=O) groups excluding carboxylic acids is 1. The molecule has 0 bridgehead atoms. The maximum absolute atomic E-state index is 13.7. The van der Waals surface area contributed by atoms with E-state index >= 15 is 0 Å². The van der Waals surface area contributed by atoms with Crippen LogP contribution in [0.2, 0.25) is 0 Å².